The second-order valence-electron chi connectivity index (χ2n) is 10.4. The predicted octanol–water partition coefficient (Wildman–Crippen LogP) is 10.9. The van der Waals surface area contributed by atoms with E-state index in [1.54, 1.807) is 0 Å². The van der Waals surface area contributed by atoms with Crippen LogP contribution in [0.1, 0.15) is 187 Å². The molecule has 1 nitrogen and oxygen atoms in total. The quantitative estimate of drug-likeness (QED) is 0.126. The van der Waals surface area contributed by atoms with Crippen molar-refractivity contribution < 1.29 is 5.11 Å². The highest BCUT2D eigenvalue weighted by molar-refractivity contribution is 4.58. The largest absolute Gasteiger partial charge is 0.393 e. The molecule has 0 aromatic heterocycles. The molecule has 188 valence electrons. The van der Waals surface area contributed by atoms with Crippen LogP contribution in [0.15, 0.2) is 0 Å². The van der Waals surface area contributed by atoms with Gasteiger partial charge in [-0.25, -0.2) is 0 Å². The van der Waals surface area contributed by atoms with E-state index in [4.69, 9.17) is 0 Å². The van der Waals surface area contributed by atoms with Crippen molar-refractivity contribution in [1.29, 1.82) is 0 Å². The van der Waals surface area contributed by atoms with Gasteiger partial charge in [-0.2, -0.15) is 0 Å². The molecular weight excluding hydrogens is 376 g/mol. The molecule has 1 unspecified atom stereocenters. The van der Waals surface area contributed by atoms with Crippen molar-refractivity contribution in [3.63, 3.8) is 0 Å². The average Bonchev–Trinajstić information content (AvgIpc) is 2.77. The lowest BCUT2D eigenvalue weighted by Crippen LogP contribution is -2.05. The third-order valence-electron chi connectivity index (χ3n) is 7.03. The molecule has 0 saturated carbocycles. The van der Waals surface area contributed by atoms with E-state index in [1.165, 1.54) is 161 Å². The molecule has 1 atom stereocenters. The summed E-state index contributed by atoms with van der Waals surface area (Å²) in [5.41, 5.74) is 0. The maximum atomic E-state index is 10.2. The van der Waals surface area contributed by atoms with Gasteiger partial charge in [0.1, 0.15) is 0 Å². The minimum Gasteiger partial charge on any atom is -0.393 e. The highest BCUT2D eigenvalue weighted by Crippen LogP contribution is 2.16. The maximum absolute atomic E-state index is 10.2. The molecule has 0 amide bonds. The second-order valence-corrected chi connectivity index (χ2v) is 10.4. The molecule has 0 fully saturated rings. The summed E-state index contributed by atoms with van der Waals surface area (Å²) in [7, 11) is 0. The van der Waals surface area contributed by atoms with Gasteiger partial charge in [-0.15, -0.1) is 0 Å². The van der Waals surface area contributed by atoms with Crippen molar-refractivity contribution in [3.8, 4) is 0 Å². The van der Waals surface area contributed by atoms with E-state index >= 15 is 0 Å². The summed E-state index contributed by atoms with van der Waals surface area (Å²) in [6, 6.07) is 0. The van der Waals surface area contributed by atoms with Crippen LogP contribution in [-0.4, -0.2) is 11.2 Å². The van der Waals surface area contributed by atoms with Crippen molar-refractivity contribution >= 4 is 0 Å². The summed E-state index contributed by atoms with van der Waals surface area (Å²) < 4.78 is 0. The topological polar surface area (TPSA) is 20.2 Å². The Bertz CT molecular complexity index is 301. The van der Waals surface area contributed by atoms with E-state index in [2.05, 4.69) is 13.8 Å². The van der Waals surface area contributed by atoms with Crippen LogP contribution in [0.5, 0.6) is 0 Å². The van der Waals surface area contributed by atoms with Gasteiger partial charge in [0.05, 0.1) is 6.10 Å². The zero-order valence-corrected chi connectivity index (χ0v) is 22.1. The van der Waals surface area contributed by atoms with Gasteiger partial charge in [0.2, 0.25) is 0 Å². The Morgan fingerprint density at radius 1 is 0.323 bits per heavy atom. The van der Waals surface area contributed by atoms with Gasteiger partial charge < -0.3 is 5.11 Å². The van der Waals surface area contributed by atoms with Crippen LogP contribution in [0, 0.1) is 0 Å². The van der Waals surface area contributed by atoms with E-state index in [0.29, 0.717) is 0 Å². The monoisotopic (exact) mass is 438 g/mol. The average molecular weight is 439 g/mol. The fourth-order valence-electron chi connectivity index (χ4n) is 4.76. The maximum Gasteiger partial charge on any atom is 0.0540 e. The summed E-state index contributed by atoms with van der Waals surface area (Å²) in [5.74, 6) is 0. The minimum atomic E-state index is -0.0316. The van der Waals surface area contributed by atoms with Crippen molar-refractivity contribution in [2.24, 2.45) is 0 Å². The Kier molecular flexibility index (Phi) is 28.0. The predicted molar refractivity (Wildman–Crippen MR) is 142 cm³/mol. The number of hydrogen-bond acceptors (Lipinski definition) is 1. The van der Waals surface area contributed by atoms with Gasteiger partial charge in [0.25, 0.3) is 0 Å². The molecule has 0 spiro atoms. The Hall–Kier alpha value is -0.0400. The molecule has 0 aliphatic heterocycles. The van der Waals surface area contributed by atoms with E-state index < -0.39 is 0 Å². The Labute approximate surface area is 198 Å². The second kappa shape index (κ2) is 28.0. The van der Waals surface area contributed by atoms with Crippen molar-refractivity contribution in [1.82, 2.24) is 0 Å². The summed E-state index contributed by atoms with van der Waals surface area (Å²) in [5, 5.41) is 10.2. The van der Waals surface area contributed by atoms with Gasteiger partial charge in [-0.05, 0) is 12.8 Å². The zero-order valence-electron chi connectivity index (χ0n) is 22.1. The van der Waals surface area contributed by atoms with Gasteiger partial charge >= 0.3 is 0 Å². The van der Waals surface area contributed by atoms with Gasteiger partial charge in [0.15, 0.2) is 0 Å². The number of rotatable bonds is 27. The third kappa shape index (κ3) is 27.9. The first-order valence-electron chi connectivity index (χ1n) is 15.0. The van der Waals surface area contributed by atoms with Crippen LogP contribution in [0.3, 0.4) is 0 Å². The van der Waals surface area contributed by atoms with Crippen LogP contribution in [0.4, 0.5) is 0 Å². The summed E-state index contributed by atoms with van der Waals surface area (Å²) in [6.45, 7) is 4.58. The SMILES string of the molecule is CCCCCCCCCCCCCCCCC(O)CCCCCCCCCCCCC. The van der Waals surface area contributed by atoms with Crippen LogP contribution in [0.25, 0.3) is 0 Å². The molecule has 1 heteroatoms. The smallest absolute Gasteiger partial charge is 0.0540 e. The first kappa shape index (κ1) is 31.0. The first-order valence-corrected chi connectivity index (χ1v) is 15.0. The van der Waals surface area contributed by atoms with E-state index in [1.807, 2.05) is 0 Å². The van der Waals surface area contributed by atoms with Gasteiger partial charge in [0, 0.05) is 0 Å². The fourth-order valence-corrected chi connectivity index (χ4v) is 4.76. The molecule has 0 aromatic carbocycles. The highest BCUT2D eigenvalue weighted by atomic mass is 16.3. The lowest BCUT2D eigenvalue weighted by atomic mass is 10.0. The zero-order chi connectivity index (χ0) is 22.7. The molecule has 0 aromatic rings. The lowest BCUT2D eigenvalue weighted by Gasteiger charge is -2.10. The number of aliphatic hydroxyl groups excluding tert-OH is 1. The molecule has 1 N–H and O–H groups in total. The lowest BCUT2D eigenvalue weighted by molar-refractivity contribution is 0.147. The molecule has 0 rings (SSSR count). The molecular formula is C30H62O. The minimum absolute atomic E-state index is 0.0316. The Balaban J connectivity index is 3.12. The first-order chi connectivity index (χ1) is 15.3. The van der Waals surface area contributed by atoms with Crippen LogP contribution in [0.2, 0.25) is 0 Å². The Morgan fingerprint density at radius 3 is 0.742 bits per heavy atom. The van der Waals surface area contributed by atoms with E-state index in [0.717, 1.165) is 12.8 Å². The number of hydrogen-bond donors (Lipinski definition) is 1. The van der Waals surface area contributed by atoms with Crippen LogP contribution in [-0.2, 0) is 0 Å². The van der Waals surface area contributed by atoms with Crippen molar-refractivity contribution in [2.75, 3.05) is 0 Å². The van der Waals surface area contributed by atoms with Crippen molar-refractivity contribution in [2.45, 2.75) is 193 Å². The molecule has 0 radical (unpaired) electrons. The molecule has 0 bridgehead atoms. The van der Waals surface area contributed by atoms with E-state index in [9.17, 15) is 5.11 Å². The molecule has 0 aliphatic rings. The fraction of sp³-hybridized carbons (Fsp3) is 1.00. The summed E-state index contributed by atoms with van der Waals surface area (Å²) >= 11 is 0. The highest BCUT2D eigenvalue weighted by Gasteiger charge is 2.04. The van der Waals surface area contributed by atoms with Crippen molar-refractivity contribution in [3.05, 3.63) is 0 Å². The normalized spacial score (nSPS) is 12.5. The standard InChI is InChI=1S/C30H62O/c1-3-5-7-9-11-13-15-16-17-19-21-23-25-27-29-30(31)28-26-24-22-20-18-14-12-10-8-6-4-2/h30-31H,3-29H2,1-2H3. The van der Waals surface area contributed by atoms with Crippen LogP contribution < -0.4 is 0 Å². The number of aliphatic hydroxyl groups is 1. The Morgan fingerprint density at radius 2 is 0.516 bits per heavy atom. The summed E-state index contributed by atoms with van der Waals surface area (Å²) in [6.07, 6.45) is 37.1. The number of unbranched alkanes of at least 4 members (excludes halogenated alkanes) is 23. The summed E-state index contributed by atoms with van der Waals surface area (Å²) in [4.78, 5) is 0. The van der Waals surface area contributed by atoms with Crippen LogP contribution >= 0.6 is 0 Å². The third-order valence-corrected chi connectivity index (χ3v) is 7.03. The molecule has 0 aliphatic carbocycles. The van der Waals surface area contributed by atoms with E-state index in [-0.39, 0.29) is 6.10 Å². The molecule has 0 heterocycles. The molecule has 31 heavy (non-hydrogen) atoms. The van der Waals surface area contributed by atoms with Gasteiger partial charge in [-0.1, -0.05) is 174 Å². The van der Waals surface area contributed by atoms with Gasteiger partial charge in [-0.3, -0.25) is 0 Å². The molecule has 0 saturated heterocycles.